The van der Waals surface area contributed by atoms with Gasteiger partial charge in [0.05, 0.1) is 17.1 Å². The molecule has 2 aromatic rings. The lowest BCUT2D eigenvalue weighted by atomic mass is 9.81. The van der Waals surface area contributed by atoms with Gasteiger partial charge in [0.2, 0.25) is 5.91 Å². The molecule has 3 rings (SSSR count). The molecule has 1 aliphatic carbocycles. The van der Waals surface area contributed by atoms with Crippen LogP contribution < -0.4 is 16.3 Å². The highest BCUT2D eigenvalue weighted by Crippen LogP contribution is 2.32. The molecule has 1 fully saturated rings. The van der Waals surface area contributed by atoms with Crippen LogP contribution in [0.3, 0.4) is 0 Å². The number of imidazole rings is 1. The molecule has 1 atom stereocenters. The maximum Gasteiger partial charge on any atom is 0.329 e. The average molecular weight is 433 g/mol. The van der Waals surface area contributed by atoms with Gasteiger partial charge < -0.3 is 20.5 Å². The number of benzene rings is 1. The van der Waals surface area contributed by atoms with E-state index in [2.05, 4.69) is 16.7 Å². The van der Waals surface area contributed by atoms with Gasteiger partial charge in [-0.3, -0.25) is 13.9 Å². The molecule has 1 aliphatic rings. The van der Waals surface area contributed by atoms with E-state index in [0.717, 1.165) is 42.3 Å². The number of aryl methyl sites for hydroxylation is 1. The van der Waals surface area contributed by atoms with Crippen LogP contribution in [0.25, 0.3) is 11.0 Å². The minimum absolute atomic E-state index is 0.134. The van der Waals surface area contributed by atoms with Crippen LogP contribution in [0.2, 0.25) is 0 Å². The van der Waals surface area contributed by atoms with Crippen LogP contribution >= 0.6 is 0 Å². The topological polar surface area (TPSA) is 105 Å². The summed E-state index contributed by atoms with van der Waals surface area (Å²) in [6, 6.07) is 5.28. The number of aliphatic hydroxyl groups is 1. The van der Waals surface area contributed by atoms with E-state index < -0.39 is 6.04 Å². The number of rotatable bonds is 10. The number of nitrogens with zero attached hydrogens (tertiary/aromatic N) is 2. The quantitative estimate of drug-likeness (QED) is 0.390. The molecule has 1 heterocycles. The van der Waals surface area contributed by atoms with Crippen molar-refractivity contribution in [1.82, 2.24) is 19.8 Å². The standard InChI is InChI=1S/C19H25N3O3.C4H11NO/c1-20-17(24)10-9-15(12-23)22-16-8-4-7-14(11-13-5-3-6-13)18(16)21(2)19(22)25;1-5-3-2-4-6/h4,7-8,12-13,15H,3,5-6,9-11H2,1-2H3,(H,20,24);5-6H,2-4H2,1H3. The lowest BCUT2D eigenvalue weighted by Gasteiger charge is -2.25. The van der Waals surface area contributed by atoms with Crippen LogP contribution in [0, 0.1) is 5.92 Å². The predicted molar refractivity (Wildman–Crippen MR) is 122 cm³/mol. The number of amides is 1. The second-order valence-corrected chi connectivity index (χ2v) is 8.09. The molecule has 0 spiro atoms. The maximum atomic E-state index is 12.8. The van der Waals surface area contributed by atoms with E-state index in [9.17, 15) is 14.4 Å². The van der Waals surface area contributed by atoms with Gasteiger partial charge in [0.1, 0.15) is 6.29 Å². The Bertz CT molecular complexity index is 910. The Morgan fingerprint density at radius 3 is 2.58 bits per heavy atom. The van der Waals surface area contributed by atoms with Gasteiger partial charge in [-0.25, -0.2) is 4.79 Å². The van der Waals surface area contributed by atoms with Crippen LogP contribution in [0.15, 0.2) is 23.0 Å². The van der Waals surface area contributed by atoms with E-state index in [1.807, 2.05) is 19.2 Å². The molecule has 1 unspecified atom stereocenters. The summed E-state index contributed by atoms with van der Waals surface area (Å²) in [6.45, 7) is 1.21. The summed E-state index contributed by atoms with van der Waals surface area (Å²) >= 11 is 0. The van der Waals surface area contributed by atoms with E-state index in [-0.39, 0.29) is 18.0 Å². The fourth-order valence-electron chi connectivity index (χ4n) is 3.93. The van der Waals surface area contributed by atoms with Crippen molar-refractivity contribution in [3.8, 4) is 0 Å². The summed E-state index contributed by atoms with van der Waals surface area (Å²) in [7, 11) is 5.19. The highest BCUT2D eigenvalue weighted by Gasteiger charge is 2.23. The number of aromatic nitrogens is 2. The van der Waals surface area contributed by atoms with E-state index >= 15 is 0 Å². The molecule has 3 N–H and O–H groups in total. The van der Waals surface area contributed by atoms with E-state index in [1.165, 1.54) is 23.8 Å². The summed E-state index contributed by atoms with van der Waals surface area (Å²) < 4.78 is 3.18. The molecule has 8 heteroatoms. The molecule has 1 amide bonds. The molecule has 172 valence electrons. The van der Waals surface area contributed by atoms with Crippen molar-refractivity contribution in [3.63, 3.8) is 0 Å². The SMILES string of the molecule is CNC(=O)CCC(C=O)n1c(=O)n(C)c2c(CC3CCC3)cccc21.CNCCCO. The number of hydrogen-bond donors (Lipinski definition) is 3. The maximum absolute atomic E-state index is 12.8. The molecule has 1 aromatic heterocycles. The molecule has 8 nitrogen and oxygen atoms in total. The van der Waals surface area contributed by atoms with Gasteiger partial charge in [-0.15, -0.1) is 0 Å². The van der Waals surface area contributed by atoms with Gasteiger partial charge >= 0.3 is 5.69 Å². The van der Waals surface area contributed by atoms with E-state index in [0.29, 0.717) is 18.9 Å². The number of aliphatic hydroxyl groups excluding tert-OH is 1. The van der Waals surface area contributed by atoms with Gasteiger partial charge in [-0.05, 0) is 50.4 Å². The molecular weight excluding hydrogens is 396 g/mol. The van der Waals surface area contributed by atoms with Crippen molar-refractivity contribution in [2.45, 2.75) is 51.0 Å². The first-order valence-corrected chi connectivity index (χ1v) is 11.1. The monoisotopic (exact) mass is 432 g/mol. The van der Waals surface area contributed by atoms with Gasteiger partial charge in [0.25, 0.3) is 0 Å². The Labute approximate surface area is 183 Å². The molecule has 0 bridgehead atoms. The largest absolute Gasteiger partial charge is 0.396 e. The highest BCUT2D eigenvalue weighted by molar-refractivity contribution is 5.81. The van der Waals surface area contributed by atoms with Gasteiger partial charge in [0, 0.05) is 27.1 Å². The third-order valence-electron chi connectivity index (χ3n) is 5.94. The van der Waals surface area contributed by atoms with Crippen molar-refractivity contribution in [2.24, 2.45) is 13.0 Å². The molecule has 0 saturated heterocycles. The average Bonchev–Trinajstić information content (AvgIpc) is 3.01. The lowest BCUT2D eigenvalue weighted by Crippen LogP contribution is -2.28. The fourth-order valence-corrected chi connectivity index (χ4v) is 3.93. The first-order chi connectivity index (χ1) is 15.0. The molecule has 1 saturated carbocycles. The Morgan fingerprint density at radius 2 is 2.06 bits per heavy atom. The van der Waals surface area contributed by atoms with Crippen LogP contribution in [0.5, 0.6) is 0 Å². The third-order valence-corrected chi connectivity index (χ3v) is 5.94. The summed E-state index contributed by atoms with van der Waals surface area (Å²) in [4.78, 5) is 35.9. The van der Waals surface area contributed by atoms with Crippen molar-refractivity contribution < 1.29 is 14.7 Å². The number of nitrogens with one attached hydrogen (secondary N) is 2. The predicted octanol–water partition coefficient (Wildman–Crippen LogP) is 1.54. The highest BCUT2D eigenvalue weighted by atomic mass is 16.3. The summed E-state index contributed by atoms with van der Waals surface area (Å²) in [6.07, 6.45) is 6.90. The fraction of sp³-hybridized carbons (Fsp3) is 0.609. The number of para-hydroxylation sites is 1. The van der Waals surface area contributed by atoms with Gasteiger partial charge in [-0.2, -0.15) is 0 Å². The molecule has 0 radical (unpaired) electrons. The van der Waals surface area contributed by atoms with Crippen LogP contribution in [-0.2, 0) is 23.1 Å². The van der Waals surface area contributed by atoms with Crippen molar-refractivity contribution >= 4 is 23.2 Å². The van der Waals surface area contributed by atoms with Gasteiger partial charge in [0.15, 0.2) is 0 Å². The Morgan fingerprint density at radius 1 is 1.32 bits per heavy atom. The zero-order valence-electron chi connectivity index (χ0n) is 18.9. The Balaban J connectivity index is 0.000000501. The minimum atomic E-state index is -0.632. The van der Waals surface area contributed by atoms with Crippen LogP contribution in [0.1, 0.15) is 50.1 Å². The first kappa shape index (κ1) is 24.8. The zero-order chi connectivity index (χ0) is 22.8. The second-order valence-electron chi connectivity index (χ2n) is 8.09. The molecule has 31 heavy (non-hydrogen) atoms. The minimum Gasteiger partial charge on any atom is -0.396 e. The molecule has 0 aliphatic heterocycles. The zero-order valence-corrected chi connectivity index (χ0v) is 18.9. The van der Waals surface area contributed by atoms with Crippen LogP contribution in [-0.4, -0.2) is 53.7 Å². The van der Waals surface area contributed by atoms with Gasteiger partial charge in [-0.1, -0.05) is 31.4 Å². The van der Waals surface area contributed by atoms with Crippen molar-refractivity contribution in [2.75, 3.05) is 27.2 Å². The third kappa shape index (κ3) is 6.27. The smallest absolute Gasteiger partial charge is 0.329 e. The summed E-state index contributed by atoms with van der Waals surface area (Å²) in [5, 5.41) is 13.6. The number of carbonyl (C=O) groups is 2. The number of fused-ring (bicyclic) bond motifs is 1. The second kappa shape index (κ2) is 12.4. The Hall–Kier alpha value is -2.45. The molecule has 1 aromatic carbocycles. The van der Waals surface area contributed by atoms with Crippen LogP contribution in [0.4, 0.5) is 0 Å². The number of aldehydes is 1. The summed E-state index contributed by atoms with van der Waals surface area (Å²) in [5.74, 6) is 0.560. The summed E-state index contributed by atoms with van der Waals surface area (Å²) in [5.41, 5.74) is 2.64. The van der Waals surface area contributed by atoms with E-state index in [1.54, 1.807) is 18.7 Å². The van der Waals surface area contributed by atoms with Crippen molar-refractivity contribution in [1.29, 1.82) is 0 Å². The van der Waals surface area contributed by atoms with E-state index in [4.69, 9.17) is 5.11 Å². The molecular formula is C23H36N4O4. The lowest BCUT2D eigenvalue weighted by molar-refractivity contribution is -0.121. The Kier molecular flexibility index (Phi) is 9.94. The number of hydrogen-bond acceptors (Lipinski definition) is 5. The normalized spacial score (nSPS) is 14.5. The van der Waals surface area contributed by atoms with Crippen molar-refractivity contribution in [3.05, 3.63) is 34.2 Å². The first-order valence-electron chi connectivity index (χ1n) is 11.1. The number of carbonyl (C=O) groups excluding carboxylic acids is 2.